The molecule has 0 fully saturated rings. The van der Waals surface area contributed by atoms with Gasteiger partial charge in [0.15, 0.2) is 0 Å². The van der Waals surface area contributed by atoms with Crippen LogP contribution in [0.4, 0.5) is 15.8 Å². The minimum atomic E-state index is -0.483. The number of carbonyl (C=O) groups is 1. The first kappa shape index (κ1) is 15.4. The third-order valence-corrected chi connectivity index (χ3v) is 4.14. The Labute approximate surface area is 127 Å². The molecule has 3 nitrogen and oxygen atoms in total. The molecule has 0 radical (unpaired) electrons. The molecule has 5 heteroatoms. The van der Waals surface area contributed by atoms with Gasteiger partial charge in [-0.15, -0.1) is 11.8 Å². The van der Waals surface area contributed by atoms with Crippen LogP contribution in [0.5, 0.6) is 0 Å². The molecule has 0 aliphatic rings. The second-order valence-electron chi connectivity index (χ2n) is 4.65. The Balaban J connectivity index is 1.82. The molecule has 0 aromatic heterocycles. The van der Waals surface area contributed by atoms with Crippen LogP contribution in [0.2, 0.25) is 0 Å². The number of amides is 1. The van der Waals surface area contributed by atoms with Gasteiger partial charge >= 0.3 is 0 Å². The molecule has 2 aromatic carbocycles. The monoisotopic (exact) mass is 304 g/mol. The molecule has 0 saturated heterocycles. The van der Waals surface area contributed by atoms with Crippen molar-refractivity contribution in [1.29, 1.82) is 0 Å². The van der Waals surface area contributed by atoms with Crippen molar-refractivity contribution >= 4 is 29.0 Å². The first-order chi connectivity index (χ1) is 10.1. The van der Waals surface area contributed by atoms with Crippen LogP contribution in [0.1, 0.15) is 12.0 Å². The number of nitrogen functional groups attached to an aromatic ring is 1. The van der Waals surface area contributed by atoms with Crippen molar-refractivity contribution in [3.05, 3.63) is 53.8 Å². The molecule has 0 saturated carbocycles. The number of thioether (sulfide) groups is 1. The lowest BCUT2D eigenvalue weighted by molar-refractivity contribution is -0.115. The van der Waals surface area contributed by atoms with Crippen molar-refractivity contribution in [2.24, 2.45) is 0 Å². The van der Waals surface area contributed by atoms with Gasteiger partial charge in [-0.3, -0.25) is 4.79 Å². The van der Waals surface area contributed by atoms with E-state index < -0.39 is 5.82 Å². The van der Waals surface area contributed by atoms with Crippen LogP contribution in [0.25, 0.3) is 0 Å². The number of rotatable bonds is 5. The van der Waals surface area contributed by atoms with E-state index in [1.165, 1.54) is 28.7 Å². The number of nitrogens with one attached hydrogen (secondary N) is 1. The van der Waals surface area contributed by atoms with Crippen molar-refractivity contribution in [2.45, 2.75) is 18.2 Å². The molecule has 2 rings (SSSR count). The molecule has 1 amide bonds. The Morgan fingerprint density at radius 2 is 2.05 bits per heavy atom. The molecule has 110 valence electrons. The number of aryl methyl sites for hydroxylation is 1. The van der Waals surface area contributed by atoms with Crippen molar-refractivity contribution in [3.8, 4) is 0 Å². The van der Waals surface area contributed by atoms with Gasteiger partial charge in [-0.05, 0) is 36.8 Å². The summed E-state index contributed by atoms with van der Waals surface area (Å²) in [6.07, 6.45) is 0.385. The maximum atomic E-state index is 13.0. The Kier molecular flexibility index (Phi) is 5.22. The van der Waals surface area contributed by atoms with Crippen molar-refractivity contribution in [1.82, 2.24) is 0 Å². The number of nitrogens with two attached hydrogens (primary N) is 1. The third-order valence-electron chi connectivity index (χ3n) is 2.96. The van der Waals surface area contributed by atoms with E-state index in [2.05, 4.69) is 5.32 Å². The van der Waals surface area contributed by atoms with Gasteiger partial charge < -0.3 is 11.1 Å². The van der Waals surface area contributed by atoms with E-state index in [1.54, 1.807) is 11.8 Å². The van der Waals surface area contributed by atoms with Crippen LogP contribution in [0, 0.1) is 12.7 Å². The van der Waals surface area contributed by atoms with Gasteiger partial charge in [0.2, 0.25) is 5.91 Å². The van der Waals surface area contributed by atoms with Gasteiger partial charge in [-0.1, -0.05) is 18.2 Å². The van der Waals surface area contributed by atoms with Crippen molar-refractivity contribution < 1.29 is 9.18 Å². The molecule has 0 unspecified atom stereocenters. The number of anilines is 2. The zero-order chi connectivity index (χ0) is 15.2. The summed E-state index contributed by atoms with van der Waals surface area (Å²) in [5.74, 6) is 0.0955. The van der Waals surface area contributed by atoms with Gasteiger partial charge in [0.05, 0.1) is 5.69 Å². The van der Waals surface area contributed by atoms with Gasteiger partial charge in [0.1, 0.15) is 5.82 Å². The van der Waals surface area contributed by atoms with E-state index in [-0.39, 0.29) is 11.6 Å². The molecule has 0 aliphatic heterocycles. The highest BCUT2D eigenvalue weighted by Gasteiger charge is 2.06. The van der Waals surface area contributed by atoms with E-state index >= 15 is 0 Å². The maximum Gasteiger partial charge on any atom is 0.225 e. The standard InChI is InChI=1S/C16H17FN2OS/c1-11-4-2-3-5-15(11)21-9-8-16(20)19-12-6-7-13(17)14(18)10-12/h2-7,10H,8-9,18H2,1H3,(H,19,20). The highest BCUT2D eigenvalue weighted by molar-refractivity contribution is 7.99. The molecule has 3 N–H and O–H groups in total. The third kappa shape index (κ3) is 4.49. The number of hydrogen-bond acceptors (Lipinski definition) is 3. The van der Waals surface area contributed by atoms with Crippen LogP contribution in [-0.2, 0) is 4.79 Å². The summed E-state index contributed by atoms with van der Waals surface area (Å²) in [5, 5.41) is 2.71. The molecule has 0 aliphatic carbocycles. The summed E-state index contributed by atoms with van der Waals surface area (Å²) >= 11 is 1.65. The number of hydrogen-bond donors (Lipinski definition) is 2. The fourth-order valence-corrected chi connectivity index (χ4v) is 2.79. The fraction of sp³-hybridized carbons (Fsp3) is 0.188. The highest BCUT2D eigenvalue weighted by Crippen LogP contribution is 2.22. The van der Waals surface area contributed by atoms with E-state index in [4.69, 9.17) is 5.73 Å². The minimum absolute atomic E-state index is 0.0297. The van der Waals surface area contributed by atoms with Gasteiger partial charge in [0, 0.05) is 22.8 Å². The Bertz CT molecular complexity index is 646. The largest absolute Gasteiger partial charge is 0.396 e. The van der Waals surface area contributed by atoms with Crippen LogP contribution in [0.3, 0.4) is 0 Å². The summed E-state index contributed by atoms with van der Waals surface area (Å²) in [7, 11) is 0. The molecular formula is C16H17FN2OS. The summed E-state index contributed by atoms with van der Waals surface area (Å²) in [6, 6.07) is 12.2. The van der Waals surface area contributed by atoms with Gasteiger partial charge in [0.25, 0.3) is 0 Å². The Morgan fingerprint density at radius 1 is 1.29 bits per heavy atom. The fourth-order valence-electron chi connectivity index (χ4n) is 1.82. The van der Waals surface area contributed by atoms with Crippen molar-refractivity contribution in [3.63, 3.8) is 0 Å². The molecular weight excluding hydrogens is 287 g/mol. The molecule has 0 bridgehead atoms. The summed E-state index contributed by atoms with van der Waals surface area (Å²) in [4.78, 5) is 13.0. The number of halogens is 1. The van der Waals surface area contributed by atoms with Crippen LogP contribution >= 0.6 is 11.8 Å². The smallest absolute Gasteiger partial charge is 0.225 e. The van der Waals surface area contributed by atoms with Crippen LogP contribution < -0.4 is 11.1 Å². The summed E-state index contributed by atoms with van der Waals surface area (Å²) < 4.78 is 13.0. The van der Waals surface area contributed by atoms with E-state index in [0.717, 1.165) is 0 Å². The lowest BCUT2D eigenvalue weighted by atomic mass is 10.2. The SMILES string of the molecule is Cc1ccccc1SCCC(=O)Nc1ccc(F)c(N)c1. The van der Waals surface area contributed by atoms with Crippen LogP contribution in [0.15, 0.2) is 47.4 Å². The zero-order valence-corrected chi connectivity index (χ0v) is 12.5. The highest BCUT2D eigenvalue weighted by atomic mass is 32.2. The lowest BCUT2D eigenvalue weighted by Gasteiger charge is -2.07. The van der Waals surface area contributed by atoms with Gasteiger partial charge in [-0.25, -0.2) is 4.39 Å². The average Bonchev–Trinajstić information content (AvgIpc) is 2.45. The van der Waals surface area contributed by atoms with Crippen LogP contribution in [-0.4, -0.2) is 11.7 Å². The summed E-state index contributed by atoms with van der Waals surface area (Å²) in [6.45, 7) is 2.05. The Morgan fingerprint density at radius 3 is 2.76 bits per heavy atom. The molecule has 0 heterocycles. The van der Waals surface area contributed by atoms with E-state index in [0.29, 0.717) is 17.9 Å². The lowest BCUT2D eigenvalue weighted by Crippen LogP contribution is -2.12. The average molecular weight is 304 g/mol. The first-order valence-corrected chi connectivity index (χ1v) is 7.58. The molecule has 2 aromatic rings. The second kappa shape index (κ2) is 7.13. The molecule has 0 spiro atoms. The second-order valence-corrected chi connectivity index (χ2v) is 5.79. The number of benzene rings is 2. The molecule has 0 atom stereocenters. The topological polar surface area (TPSA) is 55.1 Å². The predicted molar refractivity (Wildman–Crippen MR) is 86.0 cm³/mol. The molecule has 21 heavy (non-hydrogen) atoms. The normalized spacial score (nSPS) is 10.4. The van der Waals surface area contributed by atoms with Crippen molar-refractivity contribution in [2.75, 3.05) is 16.8 Å². The quantitative estimate of drug-likeness (QED) is 0.652. The first-order valence-electron chi connectivity index (χ1n) is 6.59. The zero-order valence-electron chi connectivity index (χ0n) is 11.7. The van der Waals surface area contributed by atoms with E-state index in [1.807, 2.05) is 31.2 Å². The summed E-state index contributed by atoms with van der Waals surface area (Å²) in [5.41, 5.74) is 7.21. The van der Waals surface area contributed by atoms with Gasteiger partial charge in [-0.2, -0.15) is 0 Å². The van der Waals surface area contributed by atoms with E-state index in [9.17, 15) is 9.18 Å². The Hall–Kier alpha value is -2.01. The number of carbonyl (C=O) groups excluding carboxylic acids is 1. The minimum Gasteiger partial charge on any atom is -0.396 e. The predicted octanol–water partition coefficient (Wildman–Crippen LogP) is 3.84. The maximum absolute atomic E-state index is 13.0.